The van der Waals surface area contributed by atoms with Crippen LogP contribution in [-0.2, 0) is 16.0 Å². The number of methoxy groups -OCH3 is 3. The molecule has 9 heteroatoms. The standard InChI is InChI=1S/C21H19ClN2O5S/c1-27-17-9-14(21(26)29-3)16(10-18(17)28-2)24-19(25)8-12-11-30-20(23-12)13-6-4-5-7-15(13)22/h4-7,9-11H,8H2,1-3H3,(H,24,25). The summed E-state index contributed by atoms with van der Waals surface area (Å²) < 4.78 is 15.3. The molecule has 156 valence electrons. The lowest BCUT2D eigenvalue weighted by Crippen LogP contribution is -2.17. The number of esters is 1. The zero-order valence-corrected chi connectivity index (χ0v) is 18.1. The van der Waals surface area contributed by atoms with Gasteiger partial charge in [0.1, 0.15) is 5.01 Å². The highest BCUT2D eigenvalue weighted by atomic mass is 35.5. The van der Waals surface area contributed by atoms with E-state index in [-0.39, 0.29) is 23.6 Å². The molecule has 7 nitrogen and oxygen atoms in total. The summed E-state index contributed by atoms with van der Waals surface area (Å²) in [5.74, 6) is -0.237. The number of halogens is 1. The number of amides is 1. The van der Waals surface area contributed by atoms with Crippen LogP contribution >= 0.6 is 22.9 Å². The van der Waals surface area contributed by atoms with Crippen LogP contribution in [0.4, 0.5) is 5.69 Å². The van der Waals surface area contributed by atoms with Gasteiger partial charge in [-0.3, -0.25) is 4.79 Å². The van der Waals surface area contributed by atoms with Gasteiger partial charge in [-0.15, -0.1) is 11.3 Å². The number of anilines is 1. The second-order valence-electron chi connectivity index (χ2n) is 6.09. The lowest BCUT2D eigenvalue weighted by Gasteiger charge is -2.14. The van der Waals surface area contributed by atoms with E-state index in [9.17, 15) is 9.59 Å². The minimum atomic E-state index is -0.610. The fourth-order valence-electron chi connectivity index (χ4n) is 2.77. The van der Waals surface area contributed by atoms with Crippen LogP contribution in [0.1, 0.15) is 16.1 Å². The molecule has 1 heterocycles. The highest BCUT2D eigenvalue weighted by molar-refractivity contribution is 7.13. The number of carbonyl (C=O) groups is 2. The quantitative estimate of drug-likeness (QED) is 0.539. The molecule has 0 atom stereocenters. The normalized spacial score (nSPS) is 10.4. The SMILES string of the molecule is COC(=O)c1cc(OC)c(OC)cc1NC(=O)Cc1csc(-c2ccccc2Cl)n1. The average molecular weight is 447 g/mol. The molecule has 1 amide bonds. The number of hydrogen-bond acceptors (Lipinski definition) is 7. The number of thiazole rings is 1. The first-order valence-electron chi connectivity index (χ1n) is 8.80. The lowest BCUT2D eigenvalue weighted by atomic mass is 10.1. The van der Waals surface area contributed by atoms with E-state index in [0.717, 1.165) is 10.6 Å². The molecule has 1 aromatic heterocycles. The molecule has 2 aromatic carbocycles. The van der Waals surface area contributed by atoms with Gasteiger partial charge in [0.2, 0.25) is 5.91 Å². The van der Waals surface area contributed by atoms with Gasteiger partial charge in [-0.2, -0.15) is 0 Å². The number of carbonyl (C=O) groups excluding carboxylic acids is 2. The Morgan fingerprint density at radius 3 is 2.47 bits per heavy atom. The van der Waals surface area contributed by atoms with Crippen molar-refractivity contribution in [3.05, 3.63) is 58.1 Å². The molecule has 0 saturated carbocycles. The third-order valence-corrected chi connectivity index (χ3v) is 5.45. The summed E-state index contributed by atoms with van der Waals surface area (Å²) in [7, 11) is 4.18. The highest BCUT2D eigenvalue weighted by Crippen LogP contribution is 2.34. The Labute approximate surface area is 182 Å². The Hall–Kier alpha value is -3.10. The smallest absolute Gasteiger partial charge is 0.340 e. The first kappa shape index (κ1) is 21.6. The summed E-state index contributed by atoms with van der Waals surface area (Å²) in [5, 5.41) is 5.84. The first-order chi connectivity index (χ1) is 14.5. The van der Waals surface area contributed by atoms with Gasteiger partial charge in [0.05, 0.1) is 49.7 Å². The Kier molecular flexibility index (Phi) is 6.91. The molecule has 0 aliphatic rings. The Balaban J connectivity index is 1.81. The summed E-state index contributed by atoms with van der Waals surface area (Å²) in [4.78, 5) is 29.3. The molecule has 1 N–H and O–H groups in total. The van der Waals surface area contributed by atoms with Crippen molar-refractivity contribution in [1.82, 2.24) is 4.98 Å². The minimum absolute atomic E-state index is 0.0237. The molecule has 0 radical (unpaired) electrons. The van der Waals surface area contributed by atoms with Crippen molar-refractivity contribution in [3.63, 3.8) is 0 Å². The van der Waals surface area contributed by atoms with Gasteiger partial charge in [-0.25, -0.2) is 9.78 Å². The molecular formula is C21H19ClN2O5S. The van der Waals surface area contributed by atoms with Crippen molar-refractivity contribution in [2.24, 2.45) is 0 Å². The monoisotopic (exact) mass is 446 g/mol. The van der Waals surface area contributed by atoms with E-state index < -0.39 is 5.97 Å². The molecule has 3 rings (SSSR count). The third kappa shape index (κ3) is 4.72. The second-order valence-corrected chi connectivity index (χ2v) is 7.36. The molecule has 3 aromatic rings. The van der Waals surface area contributed by atoms with Crippen molar-refractivity contribution in [2.45, 2.75) is 6.42 Å². The molecule has 0 unspecified atom stereocenters. The third-order valence-electron chi connectivity index (χ3n) is 4.20. The number of nitrogens with zero attached hydrogens (tertiary/aromatic N) is 1. The van der Waals surface area contributed by atoms with Crippen molar-refractivity contribution in [3.8, 4) is 22.1 Å². The van der Waals surface area contributed by atoms with Crippen LogP contribution in [0.2, 0.25) is 5.02 Å². The predicted molar refractivity (Wildman–Crippen MR) is 116 cm³/mol. The van der Waals surface area contributed by atoms with E-state index in [4.69, 9.17) is 25.8 Å². The fourth-order valence-corrected chi connectivity index (χ4v) is 3.91. The van der Waals surface area contributed by atoms with Crippen LogP contribution in [0.25, 0.3) is 10.6 Å². The number of aromatic nitrogens is 1. The topological polar surface area (TPSA) is 86.8 Å². The summed E-state index contributed by atoms with van der Waals surface area (Å²) in [5.41, 5.74) is 1.81. The van der Waals surface area contributed by atoms with Crippen molar-refractivity contribution >= 4 is 40.5 Å². The zero-order chi connectivity index (χ0) is 21.7. The Bertz CT molecular complexity index is 1080. The molecule has 0 fully saturated rings. The van der Waals surface area contributed by atoms with Crippen LogP contribution in [0, 0.1) is 0 Å². The largest absolute Gasteiger partial charge is 0.493 e. The van der Waals surface area contributed by atoms with Crippen molar-refractivity contribution in [1.29, 1.82) is 0 Å². The number of ether oxygens (including phenoxy) is 3. The number of rotatable bonds is 7. The molecule has 30 heavy (non-hydrogen) atoms. The fraction of sp³-hybridized carbons (Fsp3) is 0.190. The van der Waals surface area contributed by atoms with E-state index in [1.54, 1.807) is 11.4 Å². The Morgan fingerprint density at radius 1 is 1.10 bits per heavy atom. The number of hydrogen-bond donors (Lipinski definition) is 1. The predicted octanol–water partition coefficient (Wildman–Crippen LogP) is 4.45. The van der Waals surface area contributed by atoms with Gasteiger partial charge in [0, 0.05) is 23.1 Å². The van der Waals surface area contributed by atoms with Crippen LogP contribution in [0.5, 0.6) is 11.5 Å². The van der Waals surface area contributed by atoms with Gasteiger partial charge in [0.15, 0.2) is 11.5 Å². The van der Waals surface area contributed by atoms with E-state index in [2.05, 4.69) is 10.3 Å². The molecule has 0 saturated heterocycles. The molecular weight excluding hydrogens is 428 g/mol. The molecule has 0 spiro atoms. The summed E-state index contributed by atoms with van der Waals surface area (Å²) in [6.45, 7) is 0. The highest BCUT2D eigenvalue weighted by Gasteiger charge is 2.20. The lowest BCUT2D eigenvalue weighted by molar-refractivity contribution is -0.115. The summed E-state index contributed by atoms with van der Waals surface area (Å²) in [6.07, 6.45) is 0.0237. The van der Waals surface area contributed by atoms with Gasteiger partial charge in [-0.1, -0.05) is 29.8 Å². The average Bonchev–Trinajstić information content (AvgIpc) is 3.21. The zero-order valence-electron chi connectivity index (χ0n) is 16.5. The van der Waals surface area contributed by atoms with Crippen molar-refractivity contribution in [2.75, 3.05) is 26.6 Å². The van der Waals surface area contributed by atoms with Gasteiger partial charge < -0.3 is 19.5 Å². The van der Waals surface area contributed by atoms with Crippen molar-refractivity contribution < 1.29 is 23.8 Å². The van der Waals surface area contributed by atoms with Crippen LogP contribution < -0.4 is 14.8 Å². The number of benzene rings is 2. The Morgan fingerprint density at radius 2 is 1.80 bits per heavy atom. The van der Waals surface area contributed by atoms with E-state index in [0.29, 0.717) is 22.2 Å². The van der Waals surface area contributed by atoms with Gasteiger partial charge >= 0.3 is 5.97 Å². The molecule has 0 aliphatic carbocycles. The summed E-state index contributed by atoms with van der Waals surface area (Å²) >= 11 is 7.62. The van der Waals surface area contributed by atoms with E-state index >= 15 is 0 Å². The van der Waals surface area contributed by atoms with Crippen LogP contribution in [-0.4, -0.2) is 38.2 Å². The summed E-state index contributed by atoms with van der Waals surface area (Å²) in [6, 6.07) is 10.3. The first-order valence-corrected chi connectivity index (χ1v) is 10.1. The minimum Gasteiger partial charge on any atom is -0.493 e. The maximum Gasteiger partial charge on any atom is 0.340 e. The maximum absolute atomic E-state index is 12.6. The van der Waals surface area contributed by atoms with E-state index in [1.807, 2.05) is 18.2 Å². The molecule has 0 bridgehead atoms. The number of nitrogens with one attached hydrogen (secondary N) is 1. The maximum atomic E-state index is 12.6. The van der Waals surface area contributed by atoms with Gasteiger partial charge in [0.25, 0.3) is 0 Å². The van der Waals surface area contributed by atoms with E-state index in [1.165, 1.54) is 44.8 Å². The van der Waals surface area contributed by atoms with Crippen LogP contribution in [0.3, 0.4) is 0 Å². The van der Waals surface area contributed by atoms with Gasteiger partial charge in [-0.05, 0) is 6.07 Å². The molecule has 0 aliphatic heterocycles. The second kappa shape index (κ2) is 9.60. The van der Waals surface area contributed by atoms with Crippen LogP contribution in [0.15, 0.2) is 41.8 Å².